The number of fused-ring (bicyclic) bond motifs is 1. The molecule has 0 radical (unpaired) electrons. The number of halogens is 1. The standard InChI is InChI=1S/C25H21ClN2O6S/c1-33-21-10-18-20(11-22(21)34-2)28(13-15-4-7-17(8-5-15)35(3,31)32)14-19(25(18)30)24(29)16-6-9-23(26)27-12-16/h4-12,14H,13H2,1-3H3. The summed E-state index contributed by atoms with van der Waals surface area (Å²) in [7, 11) is -0.394. The molecular weight excluding hydrogens is 492 g/mol. The van der Waals surface area contributed by atoms with Gasteiger partial charge in [0, 0.05) is 36.8 Å². The van der Waals surface area contributed by atoms with E-state index >= 15 is 0 Å². The van der Waals surface area contributed by atoms with Crippen LogP contribution >= 0.6 is 11.6 Å². The number of carbonyl (C=O) groups excluding carboxylic acids is 1. The fourth-order valence-electron chi connectivity index (χ4n) is 3.71. The fourth-order valence-corrected chi connectivity index (χ4v) is 4.46. The Balaban J connectivity index is 1.91. The maximum atomic E-state index is 13.4. The summed E-state index contributed by atoms with van der Waals surface area (Å²) in [4.78, 5) is 30.8. The second-order valence-corrected chi connectivity index (χ2v) is 10.2. The van der Waals surface area contributed by atoms with Gasteiger partial charge in [0.05, 0.1) is 35.6 Å². The van der Waals surface area contributed by atoms with Crippen molar-refractivity contribution in [2.75, 3.05) is 20.5 Å². The molecule has 0 saturated heterocycles. The van der Waals surface area contributed by atoms with Crippen molar-refractivity contribution in [1.82, 2.24) is 9.55 Å². The molecule has 2 aromatic carbocycles. The molecule has 2 aromatic heterocycles. The van der Waals surface area contributed by atoms with Crippen LogP contribution in [0.25, 0.3) is 10.9 Å². The van der Waals surface area contributed by atoms with Crippen molar-refractivity contribution >= 4 is 38.1 Å². The van der Waals surface area contributed by atoms with E-state index in [9.17, 15) is 18.0 Å². The molecule has 0 amide bonds. The first-order valence-corrected chi connectivity index (χ1v) is 12.6. The number of hydrogen-bond donors (Lipinski definition) is 0. The van der Waals surface area contributed by atoms with Crippen LogP contribution in [0, 0.1) is 0 Å². The van der Waals surface area contributed by atoms with Crippen LogP contribution in [0.4, 0.5) is 0 Å². The predicted molar refractivity (Wildman–Crippen MR) is 133 cm³/mol. The first-order chi connectivity index (χ1) is 16.6. The lowest BCUT2D eigenvalue weighted by atomic mass is 10.0. The van der Waals surface area contributed by atoms with Crippen LogP contribution in [0.5, 0.6) is 11.5 Å². The first kappa shape index (κ1) is 24.4. The van der Waals surface area contributed by atoms with Crippen molar-refractivity contribution < 1.29 is 22.7 Å². The highest BCUT2D eigenvalue weighted by Crippen LogP contribution is 2.31. The Labute approximate surface area is 206 Å². The number of pyridine rings is 2. The first-order valence-electron chi connectivity index (χ1n) is 10.4. The summed E-state index contributed by atoms with van der Waals surface area (Å²) in [6.07, 6.45) is 3.94. The van der Waals surface area contributed by atoms with E-state index in [4.69, 9.17) is 21.1 Å². The number of nitrogens with zero attached hydrogens (tertiary/aromatic N) is 2. The Kier molecular flexibility index (Phi) is 6.64. The van der Waals surface area contributed by atoms with Gasteiger partial charge in [-0.1, -0.05) is 23.7 Å². The molecule has 0 spiro atoms. The number of rotatable bonds is 7. The number of methoxy groups -OCH3 is 2. The number of sulfone groups is 1. The number of ketones is 1. The van der Waals surface area contributed by atoms with Crippen molar-refractivity contribution in [3.63, 3.8) is 0 Å². The van der Waals surface area contributed by atoms with E-state index in [2.05, 4.69) is 4.98 Å². The van der Waals surface area contributed by atoms with Gasteiger partial charge in [-0.15, -0.1) is 0 Å². The zero-order valence-electron chi connectivity index (χ0n) is 19.1. The molecule has 0 aliphatic rings. The van der Waals surface area contributed by atoms with Crippen molar-refractivity contribution in [2.45, 2.75) is 11.4 Å². The van der Waals surface area contributed by atoms with E-state index in [0.29, 0.717) is 17.0 Å². The molecule has 0 bridgehead atoms. The average molecular weight is 513 g/mol. The SMILES string of the molecule is COc1cc2c(=O)c(C(=O)c3ccc(Cl)nc3)cn(Cc3ccc(S(C)(=O)=O)cc3)c2cc1OC. The molecular formula is C25H21ClN2O6S. The third-order valence-corrected chi connectivity index (χ3v) is 6.88. The second-order valence-electron chi connectivity index (χ2n) is 7.84. The van der Waals surface area contributed by atoms with Crippen molar-refractivity contribution in [1.29, 1.82) is 0 Å². The molecule has 0 aliphatic heterocycles. The van der Waals surface area contributed by atoms with Gasteiger partial charge in [0.1, 0.15) is 5.15 Å². The largest absolute Gasteiger partial charge is 0.493 e. The van der Waals surface area contributed by atoms with Crippen LogP contribution in [-0.4, -0.2) is 44.2 Å². The van der Waals surface area contributed by atoms with Gasteiger partial charge in [0.25, 0.3) is 0 Å². The zero-order chi connectivity index (χ0) is 25.3. The van der Waals surface area contributed by atoms with Gasteiger partial charge in [0.2, 0.25) is 5.43 Å². The molecule has 10 heteroatoms. The summed E-state index contributed by atoms with van der Waals surface area (Å²) < 4.78 is 36.1. The third kappa shape index (κ3) is 4.91. The van der Waals surface area contributed by atoms with Crippen LogP contribution in [-0.2, 0) is 16.4 Å². The Morgan fingerprint density at radius 2 is 1.69 bits per heavy atom. The molecule has 0 fully saturated rings. The van der Waals surface area contributed by atoms with Gasteiger partial charge in [-0.2, -0.15) is 0 Å². The summed E-state index contributed by atoms with van der Waals surface area (Å²) >= 11 is 5.84. The summed E-state index contributed by atoms with van der Waals surface area (Å²) in [5, 5.41) is 0.495. The van der Waals surface area contributed by atoms with Gasteiger partial charge >= 0.3 is 0 Å². The summed E-state index contributed by atoms with van der Waals surface area (Å²) in [6.45, 7) is 0.259. The number of ether oxygens (including phenoxy) is 2. The zero-order valence-corrected chi connectivity index (χ0v) is 20.7. The second kappa shape index (κ2) is 9.52. The summed E-state index contributed by atoms with van der Waals surface area (Å²) in [5.41, 5.74) is 0.982. The molecule has 0 N–H and O–H groups in total. The Bertz CT molecular complexity index is 1590. The van der Waals surface area contributed by atoms with Crippen LogP contribution in [0.15, 0.2) is 70.6 Å². The molecule has 35 heavy (non-hydrogen) atoms. The third-order valence-electron chi connectivity index (χ3n) is 5.52. The van der Waals surface area contributed by atoms with Crippen LogP contribution in [0.2, 0.25) is 5.15 Å². The summed E-state index contributed by atoms with van der Waals surface area (Å²) in [5.74, 6) is 0.262. The van der Waals surface area contributed by atoms with Gasteiger partial charge in [-0.3, -0.25) is 9.59 Å². The highest BCUT2D eigenvalue weighted by atomic mass is 35.5. The van der Waals surface area contributed by atoms with Gasteiger partial charge in [-0.05, 0) is 35.9 Å². The van der Waals surface area contributed by atoms with Gasteiger partial charge in [-0.25, -0.2) is 13.4 Å². The highest BCUT2D eigenvalue weighted by Gasteiger charge is 2.20. The lowest BCUT2D eigenvalue weighted by molar-refractivity contribution is 0.103. The number of aromatic nitrogens is 2. The average Bonchev–Trinajstić information content (AvgIpc) is 2.84. The number of carbonyl (C=O) groups is 1. The normalized spacial score (nSPS) is 11.4. The predicted octanol–water partition coefficient (Wildman–Crippen LogP) is 3.75. The molecule has 180 valence electrons. The van der Waals surface area contributed by atoms with Crippen molar-refractivity contribution in [3.05, 3.63) is 93.0 Å². The maximum Gasteiger partial charge on any atom is 0.200 e. The topological polar surface area (TPSA) is 105 Å². The van der Waals surface area contributed by atoms with E-state index in [1.54, 1.807) is 22.8 Å². The molecule has 0 atom stereocenters. The highest BCUT2D eigenvalue weighted by molar-refractivity contribution is 7.90. The molecule has 0 unspecified atom stereocenters. The van der Waals surface area contributed by atoms with Gasteiger partial charge < -0.3 is 14.0 Å². The number of hydrogen-bond acceptors (Lipinski definition) is 7. The molecule has 4 rings (SSSR count). The number of benzene rings is 2. The van der Waals surface area contributed by atoms with E-state index in [1.807, 2.05) is 0 Å². The van der Waals surface area contributed by atoms with Crippen molar-refractivity contribution in [3.8, 4) is 11.5 Å². The monoisotopic (exact) mass is 512 g/mol. The molecule has 4 aromatic rings. The van der Waals surface area contributed by atoms with Crippen LogP contribution in [0.3, 0.4) is 0 Å². The molecule has 8 nitrogen and oxygen atoms in total. The minimum Gasteiger partial charge on any atom is -0.493 e. The lowest BCUT2D eigenvalue weighted by Gasteiger charge is -2.16. The summed E-state index contributed by atoms with van der Waals surface area (Å²) in [6, 6.07) is 12.6. The smallest absolute Gasteiger partial charge is 0.200 e. The van der Waals surface area contributed by atoms with E-state index in [0.717, 1.165) is 11.8 Å². The Morgan fingerprint density at radius 3 is 2.26 bits per heavy atom. The van der Waals surface area contributed by atoms with Crippen LogP contribution < -0.4 is 14.9 Å². The lowest BCUT2D eigenvalue weighted by Crippen LogP contribution is -2.20. The molecule has 0 aliphatic carbocycles. The fraction of sp³-hybridized carbons (Fsp3) is 0.160. The minimum atomic E-state index is -3.34. The van der Waals surface area contributed by atoms with E-state index < -0.39 is 21.0 Å². The van der Waals surface area contributed by atoms with Crippen LogP contribution in [0.1, 0.15) is 21.5 Å². The Morgan fingerprint density at radius 1 is 1.03 bits per heavy atom. The van der Waals surface area contributed by atoms with E-state index in [1.165, 1.54) is 56.9 Å². The molecule has 0 saturated carbocycles. The maximum absolute atomic E-state index is 13.4. The van der Waals surface area contributed by atoms with E-state index in [-0.39, 0.29) is 33.1 Å². The minimum absolute atomic E-state index is 0.0541. The molecule has 2 heterocycles. The van der Waals surface area contributed by atoms with Crippen molar-refractivity contribution in [2.24, 2.45) is 0 Å². The quantitative estimate of drug-likeness (QED) is 0.274. The Hall–Kier alpha value is -3.69. The van der Waals surface area contributed by atoms with Gasteiger partial charge in [0.15, 0.2) is 27.1 Å².